The van der Waals surface area contributed by atoms with Crippen molar-refractivity contribution < 1.29 is 13.2 Å². The van der Waals surface area contributed by atoms with E-state index in [4.69, 9.17) is 5.73 Å². The zero-order valence-electron chi connectivity index (χ0n) is 9.04. The van der Waals surface area contributed by atoms with Crippen LogP contribution in [0.4, 0.5) is 18.9 Å². The van der Waals surface area contributed by atoms with Crippen LogP contribution in [0.15, 0.2) is 18.3 Å². The van der Waals surface area contributed by atoms with Gasteiger partial charge in [0.2, 0.25) is 0 Å². The highest BCUT2D eigenvalue weighted by atomic mass is 19.1. The average Bonchev–Trinajstić information content (AvgIpc) is 2.58. The monoisotopic (exact) mass is 241 g/mol. The summed E-state index contributed by atoms with van der Waals surface area (Å²) >= 11 is 0. The number of rotatable bonds is 2. The second-order valence-corrected chi connectivity index (χ2v) is 3.53. The third-order valence-electron chi connectivity index (χ3n) is 2.43. The van der Waals surface area contributed by atoms with Crippen molar-refractivity contribution in [3.8, 4) is 5.69 Å². The van der Waals surface area contributed by atoms with Crippen molar-refractivity contribution in [2.45, 2.75) is 13.3 Å². The molecule has 0 atom stereocenters. The van der Waals surface area contributed by atoms with Gasteiger partial charge in [-0.25, -0.2) is 17.9 Å². The van der Waals surface area contributed by atoms with E-state index in [-0.39, 0.29) is 0 Å². The number of nitrogen functional groups attached to an aromatic ring is 1. The molecule has 3 nitrogen and oxygen atoms in total. The summed E-state index contributed by atoms with van der Waals surface area (Å²) in [5.41, 5.74) is 6.02. The van der Waals surface area contributed by atoms with E-state index in [0.29, 0.717) is 29.9 Å². The molecule has 0 amide bonds. The standard InChI is InChI=1S/C11H10F3N3/c1-2-10-9(15)5-16-17(10)11-7(13)3-6(12)4-8(11)14/h3-5H,2,15H2,1H3. The molecule has 0 aliphatic carbocycles. The van der Waals surface area contributed by atoms with Gasteiger partial charge in [-0.3, -0.25) is 0 Å². The summed E-state index contributed by atoms with van der Waals surface area (Å²) in [5, 5.41) is 3.80. The fraction of sp³-hybridized carbons (Fsp3) is 0.182. The molecule has 0 saturated heterocycles. The summed E-state index contributed by atoms with van der Waals surface area (Å²) in [6.07, 6.45) is 1.77. The second-order valence-electron chi connectivity index (χ2n) is 3.53. The van der Waals surface area contributed by atoms with Gasteiger partial charge in [0.1, 0.15) is 11.5 Å². The van der Waals surface area contributed by atoms with E-state index in [2.05, 4.69) is 5.10 Å². The molecule has 0 fully saturated rings. The van der Waals surface area contributed by atoms with E-state index < -0.39 is 23.1 Å². The fourth-order valence-corrected chi connectivity index (χ4v) is 1.67. The molecule has 0 bridgehead atoms. The van der Waals surface area contributed by atoms with Gasteiger partial charge >= 0.3 is 0 Å². The minimum Gasteiger partial charge on any atom is -0.396 e. The number of halogens is 3. The van der Waals surface area contributed by atoms with Gasteiger partial charge in [0.05, 0.1) is 17.6 Å². The van der Waals surface area contributed by atoms with Crippen LogP contribution in [-0.4, -0.2) is 9.78 Å². The molecule has 0 aliphatic heterocycles. The maximum atomic E-state index is 13.5. The molecular formula is C11H10F3N3. The first kappa shape index (κ1) is 11.5. The Labute approximate surface area is 95.7 Å². The minimum absolute atomic E-state index is 0.343. The Morgan fingerprint density at radius 1 is 1.24 bits per heavy atom. The Kier molecular flexibility index (Phi) is 2.79. The lowest BCUT2D eigenvalue weighted by atomic mass is 10.2. The van der Waals surface area contributed by atoms with Crippen LogP contribution in [0.25, 0.3) is 5.69 Å². The first-order valence-corrected chi connectivity index (χ1v) is 5.02. The molecule has 17 heavy (non-hydrogen) atoms. The first-order valence-electron chi connectivity index (χ1n) is 5.02. The smallest absolute Gasteiger partial charge is 0.154 e. The predicted octanol–water partition coefficient (Wildman–Crippen LogP) is 2.43. The van der Waals surface area contributed by atoms with Crippen LogP contribution in [-0.2, 0) is 6.42 Å². The Hall–Kier alpha value is -1.98. The highest BCUT2D eigenvalue weighted by molar-refractivity contribution is 5.47. The van der Waals surface area contributed by atoms with Crippen LogP contribution in [0.5, 0.6) is 0 Å². The lowest BCUT2D eigenvalue weighted by Gasteiger charge is -2.09. The zero-order valence-corrected chi connectivity index (χ0v) is 9.04. The van der Waals surface area contributed by atoms with Crippen molar-refractivity contribution >= 4 is 5.69 Å². The SMILES string of the molecule is CCc1c(N)cnn1-c1c(F)cc(F)cc1F. The number of hydrogen-bond donors (Lipinski definition) is 1. The van der Waals surface area contributed by atoms with E-state index >= 15 is 0 Å². The summed E-state index contributed by atoms with van der Waals surface area (Å²) in [6.45, 7) is 1.78. The third kappa shape index (κ3) is 1.86. The molecule has 1 heterocycles. The van der Waals surface area contributed by atoms with Crippen molar-refractivity contribution in [3.05, 3.63) is 41.5 Å². The number of anilines is 1. The third-order valence-corrected chi connectivity index (χ3v) is 2.43. The highest BCUT2D eigenvalue weighted by Crippen LogP contribution is 2.23. The highest BCUT2D eigenvalue weighted by Gasteiger charge is 2.17. The van der Waals surface area contributed by atoms with Crippen LogP contribution < -0.4 is 5.73 Å². The van der Waals surface area contributed by atoms with E-state index in [1.807, 2.05) is 0 Å². The Morgan fingerprint density at radius 2 is 1.82 bits per heavy atom. The molecular weight excluding hydrogens is 231 g/mol. The lowest BCUT2D eigenvalue weighted by molar-refractivity contribution is 0.525. The largest absolute Gasteiger partial charge is 0.396 e. The van der Waals surface area contributed by atoms with Crippen LogP contribution in [0.2, 0.25) is 0 Å². The van der Waals surface area contributed by atoms with E-state index in [0.717, 1.165) is 4.68 Å². The van der Waals surface area contributed by atoms with Crippen LogP contribution in [0.3, 0.4) is 0 Å². The first-order chi connectivity index (χ1) is 8.04. The van der Waals surface area contributed by atoms with Gasteiger partial charge in [-0.15, -0.1) is 0 Å². The summed E-state index contributed by atoms with van der Waals surface area (Å²) in [5.74, 6) is -3.00. The molecule has 0 radical (unpaired) electrons. The number of hydrogen-bond acceptors (Lipinski definition) is 2. The Morgan fingerprint density at radius 3 is 2.35 bits per heavy atom. The summed E-state index contributed by atoms with van der Waals surface area (Å²) in [4.78, 5) is 0. The topological polar surface area (TPSA) is 43.8 Å². The second kappa shape index (κ2) is 4.12. The van der Waals surface area contributed by atoms with Crippen LogP contribution in [0.1, 0.15) is 12.6 Å². The quantitative estimate of drug-likeness (QED) is 0.877. The molecule has 0 unspecified atom stereocenters. The molecule has 1 aromatic heterocycles. The van der Waals surface area contributed by atoms with E-state index in [9.17, 15) is 13.2 Å². The van der Waals surface area contributed by atoms with Gasteiger partial charge in [0.15, 0.2) is 11.6 Å². The molecule has 0 spiro atoms. The van der Waals surface area contributed by atoms with Gasteiger partial charge in [-0.05, 0) is 6.42 Å². The Balaban J connectivity index is 2.68. The van der Waals surface area contributed by atoms with Crippen molar-refractivity contribution in [1.29, 1.82) is 0 Å². The lowest BCUT2D eigenvalue weighted by Crippen LogP contribution is -2.08. The molecule has 90 valence electrons. The van der Waals surface area contributed by atoms with Gasteiger partial charge in [-0.1, -0.05) is 6.92 Å². The fourth-order valence-electron chi connectivity index (χ4n) is 1.67. The van der Waals surface area contributed by atoms with Gasteiger partial charge in [0, 0.05) is 12.1 Å². The maximum absolute atomic E-state index is 13.5. The normalized spacial score (nSPS) is 10.8. The molecule has 1 aromatic carbocycles. The molecule has 2 rings (SSSR count). The average molecular weight is 241 g/mol. The maximum Gasteiger partial charge on any atom is 0.154 e. The minimum atomic E-state index is -1.01. The zero-order chi connectivity index (χ0) is 12.6. The van der Waals surface area contributed by atoms with E-state index in [1.165, 1.54) is 6.20 Å². The number of benzene rings is 1. The molecule has 2 N–H and O–H groups in total. The summed E-state index contributed by atoms with van der Waals surface area (Å²) in [6, 6.07) is 1.21. The molecule has 0 saturated carbocycles. The van der Waals surface area contributed by atoms with Crippen molar-refractivity contribution in [2.24, 2.45) is 0 Å². The summed E-state index contributed by atoms with van der Waals surface area (Å²) in [7, 11) is 0. The molecule has 6 heteroatoms. The Bertz CT molecular complexity index is 540. The number of nitrogens with zero attached hydrogens (tertiary/aromatic N) is 2. The number of aromatic nitrogens is 2. The van der Waals surface area contributed by atoms with E-state index in [1.54, 1.807) is 6.92 Å². The van der Waals surface area contributed by atoms with Gasteiger partial charge < -0.3 is 5.73 Å². The predicted molar refractivity (Wildman–Crippen MR) is 57.2 cm³/mol. The van der Waals surface area contributed by atoms with Crippen molar-refractivity contribution in [2.75, 3.05) is 5.73 Å². The molecule has 2 aromatic rings. The molecule has 0 aliphatic rings. The van der Waals surface area contributed by atoms with Gasteiger partial charge in [0.25, 0.3) is 0 Å². The van der Waals surface area contributed by atoms with Crippen molar-refractivity contribution in [1.82, 2.24) is 9.78 Å². The number of nitrogens with two attached hydrogens (primary N) is 1. The summed E-state index contributed by atoms with van der Waals surface area (Å²) < 4.78 is 40.9. The van der Waals surface area contributed by atoms with Crippen molar-refractivity contribution in [3.63, 3.8) is 0 Å². The van der Waals surface area contributed by atoms with Gasteiger partial charge in [-0.2, -0.15) is 5.10 Å². The van der Waals surface area contributed by atoms with Crippen LogP contribution >= 0.6 is 0 Å². The van der Waals surface area contributed by atoms with Crippen LogP contribution in [0, 0.1) is 17.5 Å².